The number of ether oxygens (including phenoxy) is 5. The second-order valence-electron chi connectivity index (χ2n) is 26.0. The SMILES string of the molecule is CC[C@H](O)[C@@H](C)[C@H]1O[C@@H]1C[C@@](C)(O)/C=C/C=C(\C)[C@H]1OC(=O)C[C@H](O)CC[C@@](C)(OC(C)=O)[C@@H](OC(=O)N2C[C@H]3C[C@@H]2CN3C(=O)OCc2ccc(CC(=O)[C@H](CCCNC(N)=O)NC(=O)[C@@H](CC(=O)CCCCCN3C(=O)C=CC3=O)C(C)C)cc2)/C=C/[C@@H]1C. The van der Waals surface area contributed by atoms with E-state index in [0.29, 0.717) is 61.6 Å². The monoisotopic (exact) mass is 1270 g/mol. The molecule has 5 aliphatic rings. The molecule has 3 saturated heterocycles. The van der Waals surface area contributed by atoms with E-state index >= 15 is 0 Å². The number of carbonyl (C=O) groups excluding carboxylic acids is 10. The van der Waals surface area contributed by atoms with Crippen LogP contribution < -0.4 is 16.4 Å². The van der Waals surface area contributed by atoms with E-state index in [1.54, 1.807) is 87.2 Å². The molecule has 7 amide bonds. The minimum atomic E-state index is -1.49. The Labute approximate surface area is 533 Å². The summed E-state index contributed by atoms with van der Waals surface area (Å²) >= 11 is 0. The molecule has 7 N–H and O–H groups in total. The van der Waals surface area contributed by atoms with E-state index in [4.69, 9.17) is 29.4 Å². The Balaban J connectivity index is 1.02. The number of nitrogens with two attached hydrogens (primary N) is 1. The van der Waals surface area contributed by atoms with Crippen LogP contribution in [0.25, 0.3) is 0 Å². The number of likely N-dealkylation sites (tertiary alicyclic amines) is 2. The molecule has 5 heterocycles. The lowest BCUT2D eigenvalue weighted by molar-refractivity contribution is -0.168. The Morgan fingerprint density at radius 3 is 2.21 bits per heavy atom. The zero-order chi connectivity index (χ0) is 66.9. The average molecular weight is 1270 g/mol. The van der Waals surface area contributed by atoms with Crippen LogP contribution in [0.1, 0.15) is 157 Å². The second kappa shape index (κ2) is 33.3. The van der Waals surface area contributed by atoms with E-state index in [-0.39, 0.29) is 125 Å². The third-order valence-electron chi connectivity index (χ3n) is 17.9. The lowest BCUT2D eigenvalue weighted by Gasteiger charge is -2.38. The van der Waals surface area contributed by atoms with Crippen LogP contribution in [-0.4, -0.2) is 182 Å². The standard InChI is InChI=1S/C67H96N6O18/c1-10-53(77)43(6)61-55(88-61)36-66(8,86)28-14-16-41(4)60-42(5)19-24-56(67(9,91-44(7)74)29-27-50(76)35-59(81)90-60)89-65(85)73-38-47-33-48(73)37-72(47)64(84)87-39-46-22-20-45(21-23-46)32-54(78)52(18-15-30-69-63(68)83)70-62(82)51(40(2)3)34-49(75)17-12-11-13-31-71-57(79)25-26-58(71)80/h14,16,19-26,28,40,42-43,47-48,50-53,55-56,60-61,76-77,86H,10-13,15,17-18,27,29-39H2,1-9H3,(H,70,82)(H3,68,69,83)/b24-19+,28-14+,41-16+/t42-,43+,47+,48+,50+,51-,52-,53-,55+,56-,60+,61+,66-,67+/m0/s1. The number of benzene rings is 1. The highest BCUT2D eigenvalue weighted by molar-refractivity contribution is 6.12. The van der Waals surface area contributed by atoms with Crippen molar-refractivity contribution in [3.05, 3.63) is 83.5 Å². The van der Waals surface area contributed by atoms with Crippen molar-refractivity contribution in [2.75, 3.05) is 26.2 Å². The van der Waals surface area contributed by atoms with Crippen molar-refractivity contribution in [3.8, 4) is 0 Å². The highest BCUT2D eigenvalue weighted by Crippen LogP contribution is 2.39. The lowest BCUT2D eigenvalue weighted by atomic mass is 9.88. The number of cyclic esters (lactones) is 1. The smallest absolute Gasteiger partial charge is 0.410 e. The van der Waals surface area contributed by atoms with Gasteiger partial charge in [-0.25, -0.2) is 14.4 Å². The number of carbonyl (C=O) groups is 10. The molecule has 0 radical (unpaired) electrons. The number of hydrogen-bond acceptors (Lipinski definition) is 18. The maximum absolute atomic E-state index is 14.2. The van der Waals surface area contributed by atoms with Gasteiger partial charge in [-0.05, 0) is 101 Å². The number of urea groups is 1. The van der Waals surface area contributed by atoms with Gasteiger partial charge in [0.2, 0.25) is 5.91 Å². The maximum atomic E-state index is 14.2. The number of Topliss-reactive ketones (excluding diaryl/α,β-unsaturated/α-hetero) is 2. The molecule has 6 rings (SSSR count). The summed E-state index contributed by atoms with van der Waals surface area (Å²) in [6.45, 7) is 16.1. The molecule has 0 unspecified atom stereocenters. The van der Waals surface area contributed by atoms with Crippen molar-refractivity contribution in [1.29, 1.82) is 0 Å². The minimum Gasteiger partial charge on any atom is -0.457 e. The van der Waals surface area contributed by atoms with E-state index in [0.717, 1.165) is 4.90 Å². The molecule has 1 aromatic carbocycles. The summed E-state index contributed by atoms with van der Waals surface area (Å²) in [5, 5.41) is 37.9. The minimum absolute atomic E-state index is 0.00603. The number of primary amides is 1. The zero-order valence-electron chi connectivity index (χ0n) is 54.2. The molecule has 1 aromatic rings. The summed E-state index contributed by atoms with van der Waals surface area (Å²) in [6.07, 6.45) is 8.66. The Hall–Kier alpha value is -7.28. The third-order valence-corrected chi connectivity index (χ3v) is 17.9. The number of unbranched alkanes of at least 4 members (excludes halogenated alkanes) is 2. The van der Waals surface area contributed by atoms with E-state index in [1.807, 2.05) is 27.7 Å². The van der Waals surface area contributed by atoms with Crippen LogP contribution in [0.2, 0.25) is 0 Å². The number of ketones is 2. The van der Waals surface area contributed by atoms with Gasteiger partial charge in [-0.2, -0.15) is 0 Å². The van der Waals surface area contributed by atoms with Crippen LogP contribution in [-0.2, 0) is 70.3 Å². The van der Waals surface area contributed by atoms with E-state index < -0.39 is 102 Å². The van der Waals surface area contributed by atoms with Crippen LogP contribution >= 0.6 is 0 Å². The van der Waals surface area contributed by atoms with Crippen molar-refractivity contribution < 1.29 is 86.9 Å². The number of epoxide rings is 1. The number of imide groups is 1. The number of allylic oxidation sites excluding steroid dienone is 2. The van der Waals surface area contributed by atoms with Gasteiger partial charge in [0.15, 0.2) is 11.9 Å². The summed E-state index contributed by atoms with van der Waals surface area (Å²) in [4.78, 5) is 134. The van der Waals surface area contributed by atoms with Crippen molar-refractivity contribution in [2.24, 2.45) is 29.4 Å². The molecular formula is C67H96N6O18. The van der Waals surface area contributed by atoms with Gasteiger partial charge in [0, 0.05) is 88.7 Å². The quantitative estimate of drug-likeness (QED) is 0.00958. The predicted molar refractivity (Wildman–Crippen MR) is 333 cm³/mol. The number of nitrogens with zero attached hydrogens (tertiary/aromatic N) is 3. The zero-order valence-corrected chi connectivity index (χ0v) is 54.2. The van der Waals surface area contributed by atoms with Crippen LogP contribution in [0.4, 0.5) is 14.4 Å². The molecule has 0 spiro atoms. The van der Waals surface area contributed by atoms with Crippen molar-refractivity contribution in [3.63, 3.8) is 0 Å². The number of hydrogen-bond donors (Lipinski definition) is 6. The summed E-state index contributed by atoms with van der Waals surface area (Å²) < 4.78 is 29.6. The normalized spacial score (nSPS) is 26.6. The predicted octanol–water partition coefficient (Wildman–Crippen LogP) is 6.14. The average Bonchev–Trinajstić information content (AvgIpc) is 1.69. The van der Waals surface area contributed by atoms with Crippen LogP contribution in [0.5, 0.6) is 0 Å². The van der Waals surface area contributed by atoms with Gasteiger partial charge in [-0.15, -0.1) is 0 Å². The molecule has 5 aliphatic heterocycles. The largest absolute Gasteiger partial charge is 0.457 e. The Morgan fingerprint density at radius 2 is 1.58 bits per heavy atom. The molecule has 24 nitrogen and oxygen atoms in total. The molecule has 0 aliphatic carbocycles. The molecule has 24 heteroatoms. The highest BCUT2D eigenvalue weighted by atomic mass is 16.6. The van der Waals surface area contributed by atoms with Gasteiger partial charge in [0.1, 0.15) is 24.1 Å². The number of nitrogens with one attached hydrogen (secondary N) is 2. The molecule has 2 bridgehead atoms. The van der Waals surface area contributed by atoms with E-state index in [2.05, 4.69) is 10.6 Å². The maximum Gasteiger partial charge on any atom is 0.410 e. The molecule has 14 atom stereocenters. The molecule has 3 fully saturated rings. The fourth-order valence-corrected chi connectivity index (χ4v) is 12.3. The third kappa shape index (κ3) is 21.7. The van der Waals surface area contributed by atoms with Crippen molar-refractivity contribution in [1.82, 2.24) is 25.3 Å². The summed E-state index contributed by atoms with van der Waals surface area (Å²) in [7, 11) is 0. The Morgan fingerprint density at radius 1 is 0.923 bits per heavy atom. The Kier molecular flexibility index (Phi) is 26.7. The molecular weight excluding hydrogens is 1180 g/mol. The molecule has 91 heavy (non-hydrogen) atoms. The molecule has 502 valence electrons. The first kappa shape index (κ1) is 72.8. The number of rotatable bonds is 30. The number of aliphatic hydroxyl groups is 3. The fraction of sp³-hybridized carbons (Fsp3) is 0.642. The first-order valence-corrected chi connectivity index (χ1v) is 32.0. The number of fused-ring (bicyclic) bond motifs is 2. The molecule has 0 saturated carbocycles. The Bertz CT molecular complexity index is 2870. The fourth-order valence-electron chi connectivity index (χ4n) is 12.3. The summed E-state index contributed by atoms with van der Waals surface area (Å²) in [5.41, 5.74) is 4.37. The first-order valence-electron chi connectivity index (χ1n) is 32.0. The van der Waals surface area contributed by atoms with Crippen molar-refractivity contribution >= 4 is 59.4 Å². The van der Waals surface area contributed by atoms with Gasteiger partial charge in [-0.1, -0.05) is 89.6 Å². The van der Waals surface area contributed by atoms with Crippen molar-refractivity contribution in [2.45, 2.75) is 225 Å². The van der Waals surface area contributed by atoms with E-state index in [9.17, 15) is 63.3 Å². The summed E-state index contributed by atoms with van der Waals surface area (Å²) in [6, 6.07) is 4.38. The van der Waals surface area contributed by atoms with Gasteiger partial charge < -0.3 is 65.2 Å². The number of aliphatic hydroxyl groups excluding tert-OH is 2. The van der Waals surface area contributed by atoms with Gasteiger partial charge in [-0.3, -0.25) is 38.5 Å². The van der Waals surface area contributed by atoms with Gasteiger partial charge in [0.05, 0.1) is 54.6 Å². The first-order chi connectivity index (χ1) is 43.0. The second-order valence-corrected chi connectivity index (χ2v) is 26.0. The van der Waals surface area contributed by atoms with Crippen LogP contribution in [0, 0.1) is 23.7 Å². The van der Waals surface area contributed by atoms with Crippen LogP contribution in [0.15, 0.2) is 72.4 Å². The van der Waals surface area contributed by atoms with Gasteiger partial charge in [0.25, 0.3) is 11.8 Å². The lowest BCUT2D eigenvalue weighted by Crippen LogP contribution is -2.53. The summed E-state index contributed by atoms with van der Waals surface area (Å²) in [5.74, 6) is -4.46. The number of esters is 2. The van der Waals surface area contributed by atoms with Crippen LogP contribution in [0.3, 0.4) is 0 Å². The topological polar surface area (TPSA) is 341 Å². The van der Waals surface area contributed by atoms with E-state index in [1.165, 1.54) is 24.0 Å². The van der Waals surface area contributed by atoms with Gasteiger partial charge >= 0.3 is 30.2 Å². The highest BCUT2D eigenvalue weighted by Gasteiger charge is 2.51. The molecule has 0 aromatic heterocycles. The number of amides is 7. The number of piperazine rings is 1.